The Bertz CT molecular complexity index is 1200. The van der Waals surface area contributed by atoms with Crippen LogP contribution in [0.5, 0.6) is 0 Å². The summed E-state index contributed by atoms with van der Waals surface area (Å²) in [6, 6.07) is 16.2. The Hall–Kier alpha value is -1.10. The molecule has 0 aliphatic carbocycles. The quantitative estimate of drug-likeness (QED) is 0.238. The molecule has 34 heavy (non-hydrogen) atoms. The van der Waals surface area contributed by atoms with Gasteiger partial charge in [-0.25, -0.2) is 0 Å². The molecule has 3 aromatic rings. The topological polar surface area (TPSA) is 58.9 Å². The minimum atomic E-state index is -1.32. The highest BCUT2D eigenvalue weighted by Gasteiger charge is 2.44. The summed E-state index contributed by atoms with van der Waals surface area (Å²) < 4.78 is 13.2. The van der Waals surface area contributed by atoms with Crippen LogP contribution in [0.4, 0.5) is 0 Å². The molecule has 186 valence electrons. The highest BCUT2D eigenvalue weighted by atomic mass is 79.9. The third-order valence-corrected chi connectivity index (χ3v) is 7.11. The summed E-state index contributed by atoms with van der Waals surface area (Å²) in [5.41, 5.74) is 1.58. The van der Waals surface area contributed by atoms with Crippen LogP contribution in [0.1, 0.15) is 11.1 Å². The Morgan fingerprint density at radius 3 is 1.94 bits per heavy atom. The largest absolute Gasteiger partial charge is 1.00 e. The van der Waals surface area contributed by atoms with Gasteiger partial charge in [-0.05, 0) is 27.6 Å². The maximum absolute atomic E-state index is 11.5. The predicted octanol–water partition coefficient (Wildman–Crippen LogP) is -3.50. The zero-order valence-corrected chi connectivity index (χ0v) is 23.4. The van der Waals surface area contributed by atoms with Crippen molar-refractivity contribution in [2.45, 2.75) is 11.6 Å². The lowest BCUT2D eigenvalue weighted by Crippen LogP contribution is -3.00. The van der Waals surface area contributed by atoms with Gasteiger partial charge < -0.3 is 62.6 Å². The second kappa shape index (κ2) is 9.41. The Kier molecular flexibility index (Phi) is 7.61. The molecule has 2 aliphatic rings. The van der Waals surface area contributed by atoms with E-state index in [1.165, 1.54) is 0 Å². The van der Waals surface area contributed by atoms with Crippen molar-refractivity contribution < 1.29 is 62.6 Å². The van der Waals surface area contributed by atoms with Crippen molar-refractivity contribution in [1.82, 2.24) is 0 Å². The third-order valence-electron chi connectivity index (χ3n) is 7.11. The molecule has 0 aromatic heterocycles. The van der Waals surface area contributed by atoms with Crippen LogP contribution in [0.15, 0.2) is 48.5 Å². The number of benzene rings is 3. The lowest BCUT2D eigenvalue weighted by Gasteiger charge is -2.43. The first-order valence-corrected chi connectivity index (χ1v) is 11.3. The molecule has 2 N–H and O–H groups in total. The van der Waals surface area contributed by atoms with Crippen molar-refractivity contribution in [2.24, 2.45) is 0 Å². The molecule has 2 atom stereocenters. The van der Waals surface area contributed by atoms with E-state index in [4.69, 9.17) is 9.47 Å². The number of ether oxygens (including phenoxy) is 2. The van der Waals surface area contributed by atoms with E-state index in [1.54, 1.807) is 0 Å². The van der Waals surface area contributed by atoms with Crippen molar-refractivity contribution in [2.75, 3.05) is 67.6 Å². The molecule has 2 unspecified atom stereocenters. The first-order valence-electron chi connectivity index (χ1n) is 11.3. The molecule has 0 spiro atoms. The number of rotatable bonds is 2. The molecule has 0 radical (unpaired) electrons. The molecule has 8 heteroatoms. The summed E-state index contributed by atoms with van der Waals surface area (Å²) in [6.45, 7) is 3.81. The molecule has 0 bridgehead atoms. The van der Waals surface area contributed by atoms with Crippen molar-refractivity contribution in [3.05, 3.63) is 59.7 Å². The Labute approximate surface area is 222 Å². The van der Waals surface area contributed by atoms with E-state index < -0.39 is 11.6 Å². The zero-order valence-electron chi connectivity index (χ0n) is 20.2. The number of quaternary nitrogens is 2. The van der Waals surface area contributed by atoms with Gasteiger partial charge in [0, 0.05) is 11.1 Å². The van der Waals surface area contributed by atoms with E-state index in [9.17, 15) is 10.2 Å². The normalized spacial score (nSPS) is 28.2. The van der Waals surface area contributed by atoms with E-state index in [0.29, 0.717) is 35.3 Å². The molecule has 0 amide bonds. The van der Waals surface area contributed by atoms with Gasteiger partial charge in [-0.1, -0.05) is 42.5 Å². The summed E-state index contributed by atoms with van der Waals surface area (Å²) in [5.74, 6) is -2.61. The Morgan fingerprint density at radius 2 is 1.29 bits per heavy atom. The molecule has 3 aromatic carbocycles. The van der Waals surface area contributed by atoms with E-state index >= 15 is 0 Å². The molecule has 2 aliphatic heterocycles. The first kappa shape index (κ1) is 27.5. The van der Waals surface area contributed by atoms with Crippen molar-refractivity contribution in [3.63, 3.8) is 0 Å². The standard InChI is InChI=1S/C26H34N2O4.2BrH/c1-27(2)12-14-31-25(29,17-27)20-9-11-21-19(16-20)8-10-23-22(21)6-5-7-24(23)26(30)18-28(3,4)13-15-32-26;;/h5-11,16,29-30H,12-15,17-18H2,1-4H3;2*1H/q+2;;/p-2. The van der Waals surface area contributed by atoms with Crippen molar-refractivity contribution in [3.8, 4) is 0 Å². The van der Waals surface area contributed by atoms with Crippen LogP contribution >= 0.6 is 0 Å². The fourth-order valence-electron chi connectivity index (χ4n) is 5.35. The smallest absolute Gasteiger partial charge is 0.244 e. The number of hydrogen-bond acceptors (Lipinski definition) is 4. The van der Waals surface area contributed by atoms with Gasteiger partial charge in [-0.15, -0.1) is 0 Å². The molecule has 2 fully saturated rings. The Balaban J connectivity index is 0.00000162. The predicted molar refractivity (Wildman–Crippen MR) is 125 cm³/mol. The fraction of sp³-hybridized carbons (Fsp3) is 0.462. The minimum Gasteiger partial charge on any atom is -1.00 e. The monoisotopic (exact) mass is 596 g/mol. The highest BCUT2D eigenvalue weighted by molar-refractivity contribution is 6.08. The average Bonchev–Trinajstić information content (AvgIpc) is 2.71. The summed E-state index contributed by atoms with van der Waals surface area (Å²) in [5, 5.41) is 26.9. The average molecular weight is 598 g/mol. The second-order valence-corrected chi connectivity index (χ2v) is 10.8. The van der Waals surface area contributed by atoms with Gasteiger partial charge in [-0.2, -0.15) is 0 Å². The van der Waals surface area contributed by atoms with Crippen LogP contribution < -0.4 is 34.0 Å². The van der Waals surface area contributed by atoms with Crippen LogP contribution in [-0.4, -0.2) is 86.8 Å². The lowest BCUT2D eigenvalue weighted by molar-refractivity contribution is -0.912. The summed E-state index contributed by atoms with van der Waals surface area (Å²) >= 11 is 0. The van der Waals surface area contributed by atoms with Crippen LogP contribution in [0.3, 0.4) is 0 Å². The summed E-state index contributed by atoms with van der Waals surface area (Å²) in [7, 11) is 8.46. The van der Waals surface area contributed by atoms with Crippen LogP contribution in [-0.2, 0) is 21.0 Å². The lowest BCUT2D eigenvalue weighted by atomic mass is 9.91. The first-order chi connectivity index (χ1) is 15.0. The fourth-order valence-corrected chi connectivity index (χ4v) is 5.35. The van der Waals surface area contributed by atoms with Crippen LogP contribution in [0, 0.1) is 0 Å². The molecule has 2 saturated heterocycles. The number of aliphatic hydroxyl groups is 2. The van der Waals surface area contributed by atoms with Gasteiger partial charge in [0.05, 0.1) is 41.4 Å². The molecule has 0 saturated carbocycles. The van der Waals surface area contributed by atoms with Crippen molar-refractivity contribution >= 4 is 21.5 Å². The van der Waals surface area contributed by atoms with Gasteiger partial charge >= 0.3 is 0 Å². The minimum absolute atomic E-state index is 0. The number of morpholine rings is 2. The van der Waals surface area contributed by atoms with Gasteiger partial charge in [0.25, 0.3) is 0 Å². The second-order valence-electron chi connectivity index (χ2n) is 10.8. The van der Waals surface area contributed by atoms with E-state index in [2.05, 4.69) is 52.5 Å². The number of likely N-dealkylation sites (N-methyl/N-ethyl adjacent to an activating group) is 2. The molecular weight excluding hydrogens is 564 g/mol. The third kappa shape index (κ3) is 4.92. The zero-order chi connectivity index (χ0) is 22.8. The molecule has 5 rings (SSSR count). The Morgan fingerprint density at radius 1 is 0.706 bits per heavy atom. The van der Waals surface area contributed by atoms with E-state index in [0.717, 1.165) is 45.8 Å². The molecule has 2 heterocycles. The van der Waals surface area contributed by atoms with Crippen LogP contribution in [0.25, 0.3) is 21.5 Å². The van der Waals surface area contributed by atoms with E-state index in [1.807, 2.05) is 24.3 Å². The molecular formula is C26H34Br2N2O4. The van der Waals surface area contributed by atoms with E-state index in [-0.39, 0.29) is 34.0 Å². The number of hydrogen-bond donors (Lipinski definition) is 2. The summed E-state index contributed by atoms with van der Waals surface area (Å²) in [6.07, 6.45) is 0. The SMILES string of the molecule is C[N+]1(C)CCOC(O)(c2ccc3c(ccc4c(C5(O)C[N+](C)(C)CCO5)cccc43)c2)C1.[Br-].[Br-]. The summed E-state index contributed by atoms with van der Waals surface area (Å²) in [4.78, 5) is 0. The van der Waals surface area contributed by atoms with Gasteiger partial charge in [-0.3, -0.25) is 0 Å². The van der Waals surface area contributed by atoms with Gasteiger partial charge in [0.1, 0.15) is 26.2 Å². The maximum atomic E-state index is 11.5. The number of halogens is 2. The maximum Gasteiger partial charge on any atom is 0.244 e. The van der Waals surface area contributed by atoms with Crippen LogP contribution in [0.2, 0.25) is 0 Å². The van der Waals surface area contributed by atoms with Gasteiger partial charge in [0.2, 0.25) is 11.6 Å². The van der Waals surface area contributed by atoms with Gasteiger partial charge in [0.15, 0.2) is 0 Å². The van der Waals surface area contributed by atoms with Crippen molar-refractivity contribution in [1.29, 1.82) is 0 Å². The number of nitrogens with zero attached hydrogens (tertiary/aromatic N) is 2. The molecule has 6 nitrogen and oxygen atoms in total. The highest BCUT2D eigenvalue weighted by Crippen LogP contribution is 2.38. The number of fused-ring (bicyclic) bond motifs is 3.